The minimum Gasteiger partial charge on any atom is -0.0893 e. The van der Waals surface area contributed by atoms with Crippen LogP contribution in [0.15, 0.2) is 24.3 Å². The van der Waals surface area contributed by atoms with Crippen molar-refractivity contribution in [2.24, 2.45) is 5.92 Å². The van der Waals surface area contributed by atoms with Gasteiger partial charge >= 0.3 is 0 Å². The summed E-state index contributed by atoms with van der Waals surface area (Å²) >= 11 is 5.47. The molecule has 0 bridgehead atoms. The van der Waals surface area contributed by atoms with E-state index in [1.54, 1.807) is 0 Å². The van der Waals surface area contributed by atoms with Crippen molar-refractivity contribution in [2.75, 3.05) is 0 Å². The van der Waals surface area contributed by atoms with Crippen LogP contribution in [0.5, 0.6) is 0 Å². The second kappa shape index (κ2) is 8.42. The lowest BCUT2D eigenvalue weighted by atomic mass is 10.0. The number of hydrogen-bond donors (Lipinski definition) is 0. The zero-order valence-corrected chi connectivity index (χ0v) is 12.9. The molecule has 0 aliphatic rings. The van der Waals surface area contributed by atoms with E-state index in [1.165, 1.54) is 41.7 Å². The maximum absolute atomic E-state index is 5.47. The van der Waals surface area contributed by atoms with Crippen LogP contribution in [0.3, 0.4) is 0 Å². The average Bonchev–Trinajstić information content (AvgIpc) is 2.31. The first-order valence-electron chi connectivity index (χ1n) is 7.15. The van der Waals surface area contributed by atoms with Crippen LogP contribution in [0.2, 0.25) is 0 Å². The summed E-state index contributed by atoms with van der Waals surface area (Å²) in [6.07, 6.45) is 7.38. The molecule has 0 saturated heterocycles. The number of hydrogen-bond acceptors (Lipinski definition) is 1. The molecule has 0 atom stereocenters. The van der Waals surface area contributed by atoms with E-state index in [4.69, 9.17) is 12.2 Å². The Kier molecular flexibility index (Phi) is 7.19. The highest BCUT2D eigenvalue weighted by atomic mass is 32.1. The SMILES string of the molecule is Cc1ccc(CC(=S)CCCCCC(C)C)cc1. The summed E-state index contributed by atoms with van der Waals surface area (Å²) in [6.45, 7) is 6.71. The van der Waals surface area contributed by atoms with Gasteiger partial charge in [-0.05, 0) is 36.1 Å². The van der Waals surface area contributed by atoms with Crippen molar-refractivity contribution in [1.29, 1.82) is 0 Å². The topological polar surface area (TPSA) is 0 Å². The largest absolute Gasteiger partial charge is 0.0893 e. The van der Waals surface area contributed by atoms with Crippen molar-refractivity contribution in [2.45, 2.75) is 59.3 Å². The van der Waals surface area contributed by atoms with E-state index in [0.717, 1.165) is 18.8 Å². The van der Waals surface area contributed by atoms with Gasteiger partial charge in [0.15, 0.2) is 0 Å². The molecule has 0 heterocycles. The van der Waals surface area contributed by atoms with Crippen LogP contribution < -0.4 is 0 Å². The Morgan fingerprint density at radius 2 is 1.72 bits per heavy atom. The summed E-state index contributed by atoms with van der Waals surface area (Å²) in [5.41, 5.74) is 2.67. The lowest BCUT2D eigenvalue weighted by molar-refractivity contribution is 0.530. The zero-order valence-electron chi connectivity index (χ0n) is 12.0. The van der Waals surface area contributed by atoms with Gasteiger partial charge in [-0.15, -0.1) is 0 Å². The molecule has 0 amide bonds. The molecule has 18 heavy (non-hydrogen) atoms. The molecule has 0 saturated carbocycles. The molecule has 1 aromatic rings. The fraction of sp³-hybridized carbons (Fsp3) is 0.588. The van der Waals surface area contributed by atoms with E-state index in [1.807, 2.05) is 0 Å². The summed E-state index contributed by atoms with van der Waals surface area (Å²) in [4.78, 5) is 1.21. The third kappa shape index (κ3) is 6.90. The molecule has 0 nitrogen and oxygen atoms in total. The standard InChI is InChI=1S/C17H26S/c1-14(2)7-5-4-6-8-17(18)13-16-11-9-15(3)10-12-16/h9-12,14H,4-8,13H2,1-3H3. The molecule has 0 aromatic heterocycles. The van der Waals surface area contributed by atoms with Crippen molar-refractivity contribution in [1.82, 2.24) is 0 Å². The first kappa shape index (κ1) is 15.4. The van der Waals surface area contributed by atoms with Crippen LogP contribution in [0.1, 0.15) is 57.1 Å². The van der Waals surface area contributed by atoms with Gasteiger partial charge in [-0.2, -0.15) is 0 Å². The van der Waals surface area contributed by atoms with Crippen LogP contribution in [0, 0.1) is 12.8 Å². The monoisotopic (exact) mass is 262 g/mol. The van der Waals surface area contributed by atoms with Gasteiger partial charge in [0.25, 0.3) is 0 Å². The molecule has 0 spiro atoms. The summed E-state index contributed by atoms with van der Waals surface area (Å²) in [5.74, 6) is 0.838. The molecule has 0 aliphatic carbocycles. The van der Waals surface area contributed by atoms with Crippen LogP contribution in [-0.4, -0.2) is 4.86 Å². The predicted octanol–water partition coefficient (Wildman–Crippen LogP) is 5.51. The maximum Gasteiger partial charge on any atom is 0.00382 e. The van der Waals surface area contributed by atoms with E-state index in [0.29, 0.717) is 0 Å². The van der Waals surface area contributed by atoms with Crippen LogP contribution in [0.25, 0.3) is 0 Å². The van der Waals surface area contributed by atoms with Crippen LogP contribution >= 0.6 is 12.2 Å². The predicted molar refractivity (Wildman–Crippen MR) is 85.4 cm³/mol. The summed E-state index contributed by atoms with van der Waals surface area (Å²) in [7, 11) is 0. The molecule has 0 N–H and O–H groups in total. The number of aryl methyl sites for hydroxylation is 1. The Balaban J connectivity index is 2.16. The van der Waals surface area contributed by atoms with Gasteiger partial charge in [0.05, 0.1) is 0 Å². The fourth-order valence-electron chi connectivity index (χ4n) is 2.07. The normalized spacial score (nSPS) is 10.9. The average molecular weight is 262 g/mol. The lowest BCUT2D eigenvalue weighted by Gasteiger charge is -2.06. The number of unbranched alkanes of at least 4 members (excludes halogenated alkanes) is 2. The van der Waals surface area contributed by atoms with Gasteiger partial charge in [0, 0.05) is 6.42 Å². The highest BCUT2D eigenvalue weighted by molar-refractivity contribution is 7.80. The van der Waals surface area contributed by atoms with Crippen LogP contribution in [-0.2, 0) is 6.42 Å². The molecule has 1 aromatic carbocycles. The van der Waals surface area contributed by atoms with Crippen LogP contribution in [0.4, 0.5) is 0 Å². The Hall–Kier alpha value is -0.690. The van der Waals surface area contributed by atoms with E-state index in [-0.39, 0.29) is 0 Å². The minimum atomic E-state index is 0.838. The van der Waals surface area contributed by atoms with Crippen molar-refractivity contribution < 1.29 is 0 Å². The highest BCUT2D eigenvalue weighted by Crippen LogP contribution is 2.12. The van der Waals surface area contributed by atoms with Gasteiger partial charge in [-0.3, -0.25) is 0 Å². The molecular formula is C17H26S. The molecule has 1 heteroatoms. The van der Waals surface area contributed by atoms with Gasteiger partial charge in [0.2, 0.25) is 0 Å². The maximum atomic E-state index is 5.47. The summed E-state index contributed by atoms with van der Waals surface area (Å²) in [6, 6.07) is 8.72. The third-order valence-corrected chi connectivity index (χ3v) is 3.61. The Labute approximate surface area is 118 Å². The smallest absolute Gasteiger partial charge is 0.00382 e. The second-order valence-corrected chi connectivity index (χ2v) is 6.27. The second-order valence-electron chi connectivity index (χ2n) is 5.69. The van der Waals surface area contributed by atoms with Gasteiger partial charge in [-0.25, -0.2) is 0 Å². The first-order chi connectivity index (χ1) is 8.58. The van der Waals surface area contributed by atoms with E-state index in [2.05, 4.69) is 45.0 Å². The van der Waals surface area contributed by atoms with Crippen molar-refractivity contribution in [3.63, 3.8) is 0 Å². The molecule has 0 radical (unpaired) electrons. The fourth-order valence-corrected chi connectivity index (χ4v) is 2.38. The lowest BCUT2D eigenvalue weighted by Crippen LogP contribution is -2.00. The number of rotatable bonds is 8. The summed E-state index contributed by atoms with van der Waals surface area (Å²) < 4.78 is 0. The van der Waals surface area contributed by atoms with E-state index in [9.17, 15) is 0 Å². The molecule has 100 valence electrons. The zero-order chi connectivity index (χ0) is 13.4. The van der Waals surface area contributed by atoms with E-state index >= 15 is 0 Å². The molecule has 1 rings (SSSR count). The third-order valence-electron chi connectivity index (χ3n) is 3.26. The molecular weight excluding hydrogens is 236 g/mol. The van der Waals surface area contributed by atoms with Crippen molar-refractivity contribution in [3.05, 3.63) is 35.4 Å². The number of benzene rings is 1. The minimum absolute atomic E-state index is 0.838. The molecule has 0 unspecified atom stereocenters. The first-order valence-corrected chi connectivity index (χ1v) is 7.56. The van der Waals surface area contributed by atoms with E-state index < -0.39 is 0 Å². The van der Waals surface area contributed by atoms with Crippen molar-refractivity contribution >= 4 is 17.1 Å². The van der Waals surface area contributed by atoms with Gasteiger partial charge in [-0.1, -0.05) is 75.2 Å². The van der Waals surface area contributed by atoms with Gasteiger partial charge < -0.3 is 0 Å². The Morgan fingerprint density at radius 3 is 2.33 bits per heavy atom. The Morgan fingerprint density at radius 1 is 1.06 bits per heavy atom. The van der Waals surface area contributed by atoms with Gasteiger partial charge in [0.1, 0.15) is 0 Å². The summed E-state index contributed by atoms with van der Waals surface area (Å²) in [5, 5.41) is 0. The highest BCUT2D eigenvalue weighted by Gasteiger charge is 2.00. The van der Waals surface area contributed by atoms with Crippen molar-refractivity contribution in [3.8, 4) is 0 Å². The molecule has 0 fully saturated rings. The Bertz CT molecular complexity index is 348. The number of thiocarbonyl (C=S) groups is 1. The quantitative estimate of drug-likeness (QED) is 0.439. The molecule has 0 aliphatic heterocycles.